The van der Waals surface area contributed by atoms with Gasteiger partial charge in [-0.25, -0.2) is 23.2 Å². The van der Waals surface area contributed by atoms with E-state index in [1.54, 1.807) is 78.9 Å². The van der Waals surface area contributed by atoms with Gasteiger partial charge in [-0.1, -0.05) is 36.4 Å². The maximum atomic E-state index is 13.9. The number of carbonyl (C=O) groups excluding carboxylic acids is 1. The number of aromatic nitrogens is 2. The van der Waals surface area contributed by atoms with E-state index in [-0.39, 0.29) is 17.0 Å². The molecule has 0 radical (unpaired) electrons. The summed E-state index contributed by atoms with van der Waals surface area (Å²) in [4.78, 5) is 24.6. The molecule has 2 aliphatic rings. The first-order chi connectivity index (χ1) is 20.3. The summed E-state index contributed by atoms with van der Waals surface area (Å²) >= 11 is 0. The van der Waals surface area contributed by atoms with Crippen LogP contribution in [0.1, 0.15) is 32.4 Å². The lowest BCUT2D eigenvalue weighted by Gasteiger charge is -2.40. The lowest BCUT2D eigenvalue weighted by molar-refractivity contribution is 0.0752. The fraction of sp³-hybridized carbons (Fsp3) is 0.281. The van der Waals surface area contributed by atoms with Gasteiger partial charge in [0.1, 0.15) is 16.3 Å². The van der Waals surface area contributed by atoms with Crippen molar-refractivity contribution in [3.63, 3.8) is 0 Å². The van der Waals surface area contributed by atoms with E-state index in [0.29, 0.717) is 60.4 Å². The van der Waals surface area contributed by atoms with Gasteiger partial charge < -0.3 is 14.4 Å². The summed E-state index contributed by atoms with van der Waals surface area (Å²) in [6, 6.07) is 26.4. The molecule has 6 rings (SSSR count). The summed E-state index contributed by atoms with van der Waals surface area (Å²) < 4.78 is 37.8. The minimum Gasteiger partial charge on any atom is -0.410 e. The van der Waals surface area contributed by atoms with Crippen LogP contribution in [-0.4, -0.2) is 49.8 Å². The van der Waals surface area contributed by atoms with Crippen molar-refractivity contribution in [1.29, 1.82) is 0 Å². The molecule has 42 heavy (non-hydrogen) atoms. The summed E-state index contributed by atoms with van der Waals surface area (Å²) in [6.45, 7) is 5.23. The Morgan fingerprint density at radius 3 is 2.14 bits per heavy atom. The van der Waals surface area contributed by atoms with Crippen LogP contribution in [0.3, 0.4) is 0 Å². The summed E-state index contributed by atoms with van der Waals surface area (Å²) in [7, 11) is -3.69. The van der Waals surface area contributed by atoms with Crippen LogP contribution >= 0.6 is 0 Å². The van der Waals surface area contributed by atoms with Gasteiger partial charge in [0.05, 0.1) is 35.9 Å². The molecule has 1 N–H and O–H groups in total. The lowest BCUT2D eigenvalue weighted by Crippen LogP contribution is -2.50. The topological polar surface area (TPSA) is 111 Å². The monoisotopic (exact) mass is 584 g/mol. The number of rotatable bonds is 7. The molecule has 1 saturated carbocycles. The van der Waals surface area contributed by atoms with Gasteiger partial charge in [0.15, 0.2) is 15.7 Å². The molecule has 0 unspecified atom stereocenters. The Morgan fingerprint density at radius 1 is 0.905 bits per heavy atom. The fourth-order valence-corrected chi connectivity index (χ4v) is 7.41. The summed E-state index contributed by atoms with van der Waals surface area (Å²) in [5, 5.41) is 2.72. The van der Waals surface area contributed by atoms with Crippen molar-refractivity contribution in [2.24, 2.45) is 0 Å². The molecule has 1 aliphatic heterocycles. The molecule has 9 nitrogen and oxygen atoms in total. The lowest BCUT2D eigenvalue weighted by atomic mass is 10.1. The standard InChI is InChI=1S/C32H32N4O5S/c1-22-20-40-21-23(2)36(22)29-19-28(32(17-18-32)42(38,39)27-11-7-4-8-12-27)34-30(35-29)24-13-15-25(16-14-24)33-31(37)41-26-9-5-3-6-10-26/h3-16,19,22-23H,17-18,20-21H2,1-2H3,(H,33,37)/t22-,23-/m0/s1. The highest BCUT2D eigenvalue weighted by Crippen LogP contribution is 2.55. The summed E-state index contributed by atoms with van der Waals surface area (Å²) in [5.74, 6) is 1.53. The van der Waals surface area contributed by atoms with E-state index < -0.39 is 20.7 Å². The van der Waals surface area contributed by atoms with Gasteiger partial charge in [0.25, 0.3) is 0 Å². The third kappa shape index (κ3) is 5.35. The molecule has 1 saturated heterocycles. The third-order valence-electron chi connectivity index (χ3n) is 7.73. The number of nitrogens with one attached hydrogen (secondary N) is 1. The number of anilines is 2. The molecule has 1 aliphatic carbocycles. The van der Waals surface area contributed by atoms with Crippen molar-refractivity contribution in [2.45, 2.75) is 48.4 Å². The molecular formula is C32H32N4O5S. The largest absolute Gasteiger partial charge is 0.417 e. The van der Waals surface area contributed by atoms with Crippen LogP contribution in [0.4, 0.5) is 16.3 Å². The van der Waals surface area contributed by atoms with E-state index >= 15 is 0 Å². The zero-order valence-corrected chi connectivity index (χ0v) is 24.3. The number of amides is 1. The predicted octanol–water partition coefficient (Wildman–Crippen LogP) is 5.83. The van der Waals surface area contributed by atoms with E-state index in [4.69, 9.17) is 19.4 Å². The van der Waals surface area contributed by atoms with E-state index in [9.17, 15) is 13.2 Å². The average molecular weight is 585 g/mol. The van der Waals surface area contributed by atoms with Gasteiger partial charge in [-0.05, 0) is 75.2 Å². The van der Waals surface area contributed by atoms with E-state index in [0.717, 1.165) is 0 Å². The Labute approximate surface area is 245 Å². The Hall–Kier alpha value is -4.28. The van der Waals surface area contributed by atoms with Crippen molar-refractivity contribution in [3.05, 3.63) is 96.7 Å². The first kappa shape index (κ1) is 27.9. The Kier molecular flexibility index (Phi) is 7.42. The van der Waals surface area contributed by atoms with Crippen LogP contribution in [0.2, 0.25) is 0 Å². The van der Waals surface area contributed by atoms with Crippen molar-refractivity contribution in [2.75, 3.05) is 23.4 Å². The molecule has 0 bridgehead atoms. The molecule has 4 aromatic rings. The Bertz CT molecular complexity index is 1670. The van der Waals surface area contributed by atoms with Crippen LogP contribution < -0.4 is 15.0 Å². The van der Waals surface area contributed by atoms with Crippen LogP contribution in [-0.2, 0) is 19.3 Å². The van der Waals surface area contributed by atoms with Crippen LogP contribution in [0.5, 0.6) is 5.75 Å². The SMILES string of the molecule is C[C@H]1COC[C@H](C)N1c1cc(C2(S(=O)(=O)c3ccccc3)CC2)nc(-c2ccc(NC(=O)Oc3ccccc3)cc2)n1. The molecule has 2 atom stereocenters. The quantitative estimate of drug-likeness (QED) is 0.289. The summed E-state index contributed by atoms with van der Waals surface area (Å²) in [6.07, 6.45) is 0.369. The van der Waals surface area contributed by atoms with Gasteiger partial charge in [-0.2, -0.15) is 0 Å². The molecule has 216 valence electrons. The van der Waals surface area contributed by atoms with Gasteiger partial charge in [-0.15, -0.1) is 0 Å². The Balaban J connectivity index is 1.35. The van der Waals surface area contributed by atoms with Gasteiger partial charge in [0.2, 0.25) is 0 Å². The highest BCUT2D eigenvalue weighted by molar-refractivity contribution is 7.92. The number of para-hydroxylation sites is 1. The average Bonchev–Trinajstić information content (AvgIpc) is 3.81. The molecule has 0 spiro atoms. The molecule has 1 amide bonds. The number of carbonyl (C=O) groups is 1. The minimum absolute atomic E-state index is 0.0486. The number of hydrogen-bond donors (Lipinski definition) is 1. The predicted molar refractivity (Wildman–Crippen MR) is 160 cm³/mol. The number of nitrogens with zero attached hydrogens (tertiary/aromatic N) is 3. The zero-order chi connectivity index (χ0) is 29.3. The van der Waals surface area contributed by atoms with E-state index in [1.165, 1.54) is 0 Å². The van der Waals surface area contributed by atoms with Crippen molar-refractivity contribution < 1.29 is 22.7 Å². The van der Waals surface area contributed by atoms with Crippen molar-refractivity contribution in [1.82, 2.24) is 9.97 Å². The number of morpholine rings is 1. The number of hydrogen-bond acceptors (Lipinski definition) is 8. The molecule has 2 heterocycles. The molecule has 10 heteroatoms. The fourth-order valence-electron chi connectivity index (χ4n) is 5.43. The maximum Gasteiger partial charge on any atom is 0.417 e. The zero-order valence-electron chi connectivity index (χ0n) is 23.4. The Morgan fingerprint density at radius 2 is 1.52 bits per heavy atom. The van der Waals surface area contributed by atoms with E-state index in [2.05, 4.69) is 24.1 Å². The molecule has 1 aromatic heterocycles. The minimum atomic E-state index is -3.69. The summed E-state index contributed by atoms with van der Waals surface area (Å²) in [5.41, 5.74) is 1.73. The second kappa shape index (κ2) is 11.2. The molecular weight excluding hydrogens is 552 g/mol. The van der Waals surface area contributed by atoms with Crippen LogP contribution in [0.15, 0.2) is 95.9 Å². The normalized spacial score (nSPS) is 19.6. The highest BCUT2D eigenvalue weighted by Gasteiger charge is 2.58. The second-order valence-corrected chi connectivity index (χ2v) is 13.1. The van der Waals surface area contributed by atoms with Crippen LogP contribution in [0.25, 0.3) is 11.4 Å². The third-order valence-corrected chi connectivity index (χ3v) is 10.3. The number of ether oxygens (including phenoxy) is 2. The van der Waals surface area contributed by atoms with Gasteiger partial charge in [0, 0.05) is 17.3 Å². The number of sulfone groups is 1. The highest BCUT2D eigenvalue weighted by atomic mass is 32.2. The smallest absolute Gasteiger partial charge is 0.410 e. The maximum absolute atomic E-state index is 13.9. The molecule has 2 fully saturated rings. The first-order valence-corrected chi connectivity index (χ1v) is 15.4. The molecule has 3 aromatic carbocycles. The van der Waals surface area contributed by atoms with Gasteiger partial charge >= 0.3 is 6.09 Å². The van der Waals surface area contributed by atoms with Crippen molar-refractivity contribution in [3.8, 4) is 17.1 Å². The van der Waals surface area contributed by atoms with Gasteiger partial charge in [-0.3, -0.25) is 5.32 Å². The first-order valence-electron chi connectivity index (χ1n) is 14.0. The second-order valence-electron chi connectivity index (χ2n) is 10.8. The van der Waals surface area contributed by atoms with E-state index in [1.807, 2.05) is 12.1 Å². The number of benzene rings is 3. The van der Waals surface area contributed by atoms with Crippen molar-refractivity contribution >= 4 is 27.4 Å². The van der Waals surface area contributed by atoms with Crippen LogP contribution in [0, 0.1) is 0 Å².